The Balaban J connectivity index is 1.35. The minimum Gasteiger partial charge on any atom is -0.497 e. The maximum atomic E-state index is 12.5. The first-order valence-electron chi connectivity index (χ1n) is 9.86. The SMILES string of the molecule is COc1ccc(-c2nc(CC(=O)NCC(c3ccco3)N3CCCC3)cs2)cc1. The topological polar surface area (TPSA) is 67.6 Å². The first-order chi connectivity index (χ1) is 14.2. The zero-order chi connectivity index (χ0) is 20.1. The second kappa shape index (κ2) is 9.24. The van der Waals surface area contributed by atoms with Crippen LogP contribution in [-0.4, -0.2) is 42.5 Å². The van der Waals surface area contributed by atoms with Gasteiger partial charge in [0.15, 0.2) is 0 Å². The highest BCUT2D eigenvalue weighted by atomic mass is 32.1. The van der Waals surface area contributed by atoms with Crippen molar-refractivity contribution in [2.45, 2.75) is 25.3 Å². The molecule has 2 aromatic heterocycles. The molecule has 1 aromatic carbocycles. The van der Waals surface area contributed by atoms with Crippen molar-refractivity contribution in [3.05, 3.63) is 59.5 Å². The monoisotopic (exact) mass is 411 g/mol. The fraction of sp³-hybridized carbons (Fsp3) is 0.364. The molecule has 0 aliphatic carbocycles. The van der Waals surface area contributed by atoms with E-state index in [9.17, 15) is 4.79 Å². The summed E-state index contributed by atoms with van der Waals surface area (Å²) >= 11 is 1.55. The van der Waals surface area contributed by atoms with Crippen molar-refractivity contribution in [2.24, 2.45) is 0 Å². The quantitative estimate of drug-likeness (QED) is 0.609. The second-order valence-corrected chi connectivity index (χ2v) is 7.99. The lowest BCUT2D eigenvalue weighted by Gasteiger charge is -2.25. The maximum Gasteiger partial charge on any atom is 0.226 e. The first kappa shape index (κ1) is 19.7. The van der Waals surface area contributed by atoms with Gasteiger partial charge in [0, 0.05) is 17.5 Å². The van der Waals surface area contributed by atoms with E-state index in [1.54, 1.807) is 24.7 Å². The van der Waals surface area contributed by atoms with Crippen molar-refractivity contribution >= 4 is 17.2 Å². The molecule has 0 radical (unpaired) electrons. The Morgan fingerprint density at radius 1 is 1.28 bits per heavy atom. The summed E-state index contributed by atoms with van der Waals surface area (Å²) in [6, 6.07) is 11.7. The van der Waals surface area contributed by atoms with E-state index in [1.807, 2.05) is 41.8 Å². The number of carbonyl (C=O) groups is 1. The molecule has 6 nitrogen and oxygen atoms in total. The number of ether oxygens (including phenoxy) is 1. The van der Waals surface area contributed by atoms with E-state index in [-0.39, 0.29) is 18.4 Å². The molecule has 7 heteroatoms. The summed E-state index contributed by atoms with van der Waals surface area (Å²) in [7, 11) is 1.65. The maximum absolute atomic E-state index is 12.5. The summed E-state index contributed by atoms with van der Waals surface area (Å²) in [4.78, 5) is 19.5. The number of nitrogens with zero attached hydrogens (tertiary/aromatic N) is 2. The number of likely N-dealkylation sites (tertiary alicyclic amines) is 1. The van der Waals surface area contributed by atoms with Gasteiger partial charge in [-0.3, -0.25) is 9.69 Å². The molecule has 1 unspecified atom stereocenters. The van der Waals surface area contributed by atoms with Crippen molar-refractivity contribution < 1.29 is 13.9 Å². The number of aromatic nitrogens is 1. The third-order valence-electron chi connectivity index (χ3n) is 5.18. The number of methoxy groups -OCH3 is 1. The first-order valence-corrected chi connectivity index (χ1v) is 10.7. The van der Waals surface area contributed by atoms with Crippen molar-refractivity contribution in [2.75, 3.05) is 26.7 Å². The number of nitrogens with one attached hydrogen (secondary N) is 1. The van der Waals surface area contributed by atoms with Crippen LogP contribution in [0.15, 0.2) is 52.5 Å². The predicted octanol–water partition coefficient (Wildman–Crippen LogP) is 3.91. The third-order valence-corrected chi connectivity index (χ3v) is 6.12. The fourth-order valence-corrected chi connectivity index (χ4v) is 4.46. The highest BCUT2D eigenvalue weighted by Gasteiger charge is 2.26. The van der Waals surface area contributed by atoms with Crippen molar-refractivity contribution in [3.63, 3.8) is 0 Å². The molecule has 1 aliphatic heterocycles. The average Bonchev–Trinajstić information content (AvgIpc) is 3.51. The number of hydrogen-bond donors (Lipinski definition) is 1. The Bertz CT molecular complexity index is 915. The van der Waals surface area contributed by atoms with E-state index < -0.39 is 0 Å². The lowest BCUT2D eigenvalue weighted by atomic mass is 10.2. The molecule has 3 heterocycles. The van der Waals surface area contributed by atoms with Crippen LogP contribution >= 0.6 is 11.3 Å². The molecule has 3 aromatic rings. The molecule has 1 N–H and O–H groups in total. The number of benzene rings is 1. The lowest BCUT2D eigenvalue weighted by molar-refractivity contribution is -0.120. The molecule has 4 rings (SSSR count). The van der Waals surface area contributed by atoms with Gasteiger partial charge in [-0.05, 0) is 62.3 Å². The highest BCUT2D eigenvalue weighted by Crippen LogP contribution is 2.27. The van der Waals surface area contributed by atoms with E-state index in [0.717, 1.165) is 40.9 Å². The minimum absolute atomic E-state index is 0.0210. The lowest BCUT2D eigenvalue weighted by Crippen LogP contribution is -2.37. The van der Waals surface area contributed by atoms with Gasteiger partial charge in [-0.15, -0.1) is 11.3 Å². The van der Waals surface area contributed by atoms with Crippen LogP contribution in [-0.2, 0) is 11.2 Å². The molecule has 0 spiro atoms. The number of furan rings is 1. The van der Waals surface area contributed by atoms with Gasteiger partial charge < -0.3 is 14.5 Å². The van der Waals surface area contributed by atoms with Crippen LogP contribution in [0, 0.1) is 0 Å². The molecule has 152 valence electrons. The van der Waals surface area contributed by atoms with E-state index in [1.165, 1.54) is 12.8 Å². The standard InChI is InChI=1S/C22H25N3O3S/c1-27-18-8-6-16(7-9-18)22-24-17(15-29-22)13-21(26)23-14-19(20-5-4-12-28-20)25-10-2-3-11-25/h4-9,12,15,19H,2-3,10-11,13-14H2,1H3,(H,23,26). The highest BCUT2D eigenvalue weighted by molar-refractivity contribution is 7.13. The van der Waals surface area contributed by atoms with Gasteiger partial charge in [-0.25, -0.2) is 4.98 Å². The summed E-state index contributed by atoms with van der Waals surface area (Å²) in [6.45, 7) is 2.62. The van der Waals surface area contributed by atoms with E-state index >= 15 is 0 Å². The van der Waals surface area contributed by atoms with Crippen molar-refractivity contribution in [3.8, 4) is 16.3 Å². The van der Waals surface area contributed by atoms with Gasteiger partial charge in [0.25, 0.3) is 0 Å². The zero-order valence-corrected chi connectivity index (χ0v) is 17.3. The molecule has 0 bridgehead atoms. The number of hydrogen-bond acceptors (Lipinski definition) is 6. The summed E-state index contributed by atoms with van der Waals surface area (Å²) in [5.74, 6) is 1.70. The van der Waals surface area contributed by atoms with Gasteiger partial charge in [0.05, 0.1) is 31.5 Å². The second-order valence-electron chi connectivity index (χ2n) is 7.13. The largest absolute Gasteiger partial charge is 0.497 e. The Kier molecular flexibility index (Phi) is 6.27. The average molecular weight is 412 g/mol. The van der Waals surface area contributed by atoms with Crippen LogP contribution < -0.4 is 10.1 Å². The van der Waals surface area contributed by atoms with Gasteiger partial charge in [-0.1, -0.05) is 0 Å². The summed E-state index contributed by atoms with van der Waals surface area (Å²) < 4.78 is 10.8. The molecular formula is C22H25N3O3S. The summed E-state index contributed by atoms with van der Waals surface area (Å²) in [5.41, 5.74) is 1.81. The summed E-state index contributed by atoms with van der Waals surface area (Å²) in [5, 5.41) is 5.92. The van der Waals surface area contributed by atoms with Crippen LogP contribution in [0.5, 0.6) is 5.75 Å². The molecular weight excluding hydrogens is 386 g/mol. The smallest absolute Gasteiger partial charge is 0.226 e. The number of amides is 1. The molecule has 1 atom stereocenters. The van der Waals surface area contributed by atoms with Crippen LogP contribution in [0.3, 0.4) is 0 Å². The fourth-order valence-electron chi connectivity index (χ4n) is 3.64. The Labute approximate surface area is 174 Å². The van der Waals surface area contributed by atoms with E-state index in [2.05, 4.69) is 15.2 Å². The van der Waals surface area contributed by atoms with E-state index in [0.29, 0.717) is 6.54 Å². The van der Waals surface area contributed by atoms with Gasteiger partial charge >= 0.3 is 0 Å². The Hall–Kier alpha value is -2.64. The molecule has 1 amide bonds. The van der Waals surface area contributed by atoms with Crippen molar-refractivity contribution in [1.29, 1.82) is 0 Å². The predicted molar refractivity (Wildman–Crippen MR) is 113 cm³/mol. The molecule has 1 saturated heterocycles. The zero-order valence-electron chi connectivity index (χ0n) is 16.5. The van der Waals surface area contributed by atoms with Gasteiger partial charge in [-0.2, -0.15) is 0 Å². The Morgan fingerprint density at radius 2 is 2.07 bits per heavy atom. The molecule has 29 heavy (non-hydrogen) atoms. The molecule has 1 fully saturated rings. The van der Waals surface area contributed by atoms with E-state index in [4.69, 9.17) is 9.15 Å². The Morgan fingerprint density at radius 3 is 2.76 bits per heavy atom. The molecule has 0 saturated carbocycles. The minimum atomic E-state index is -0.0210. The van der Waals surface area contributed by atoms with Gasteiger partial charge in [0.1, 0.15) is 16.5 Å². The number of thiazole rings is 1. The van der Waals surface area contributed by atoms with Gasteiger partial charge in [0.2, 0.25) is 5.91 Å². The normalized spacial score (nSPS) is 15.3. The van der Waals surface area contributed by atoms with Crippen LogP contribution in [0.25, 0.3) is 10.6 Å². The van der Waals surface area contributed by atoms with Crippen LogP contribution in [0.1, 0.15) is 30.3 Å². The third kappa shape index (κ3) is 4.86. The van der Waals surface area contributed by atoms with Crippen molar-refractivity contribution in [1.82, 2.24) is 15.2 Å². The van der Waals surface area contributed by atoms with Crippen LogP contribution in [0.4, 0.5) is 0 Å². The number of rotatable bonds is 8. The molecule has 1 aliphatic rings. The number of carbonyl (C=O) groups excluding carboxylic acids is 1. The summed E-state index contributed by atoms with van der Waals surface area (Å²) in [6.07, 6.45) is 4.35. The van der Waals surface area contributed by atoms with Crippen LogP contribution in [0.2, 0.25) is 0 Å².